The normalized spacial score (nSPS) is 11.1. The summed E-state index contributed by atoms with van der Waals surface area (Å²) < 4.78 is 1.75. The fraction of sp³-hybridized carbons (Fsp3) is 0.0345. The Hall–Kier alpha value is -4.80. The van der Waals surface area contributed by atoms with Crippen molar-refractivity contribution < 1.29 is 4.79 Å². The van der Waals surface area contributed by atoms with Crippen molar-refractivity contribution in [2.75, 3.05) is 5.32 Å². The van der Waals surface area contributed by atoms with E-state index in [1.165, 1.54) is 16.9 Å². The largest absolute Gasteiger partial charge is 0.297 e. The summed E-state index contributed by atoms with van der Waals surface area (Å²) in [7, 11) is 0. The number of anilines is 1. The fourth-order valence-electron chi connectivity index (χ4n) is 3.74. The summed E-state index contributed by atoms with van der Waals surface area (Å²) in [5, 5.41) is 17.8. The van der Waals surface area contributed by atoms with Crippen LogP contribution in [0.2, 0.25) is 0 Å². The van der Waals surface area contributed by atoms with E-state index in [1.54, 1.807) is 17.0 Å². The lowest BCUT2D eigenvalue weighted by Gasteiger charge is -2.01. The highest BCUT2D eigenvalue weighted by molar-refractivity contribution is 7.15. The maximum Gasteiger partial charge on any atom is 0.268 e. The molecule has 2 aromatic heterocycles. The molecule has 0 radical (unpaired) electrons. The number of hydrogen-bond acceptors (Lipinski definition) is 5. The Balaban J connectivity index is 1.41. The summed E-state index contributed by atoms with van der Waals surface area (Å²) in [6, 6.07) is 31.5. The highest BCUT2D eigenvalue weighted by Gasteiger charge is 2.16. The van der Waals surface area contributed by atoms with Gasteiger partial charge in [0.2, 0.25) is 0 Å². The van der Waals surface area contributed by atoms with Crippen LogP contribution in [0.5, 0.6) is 0 Å². The van der Waals surface area contributed by atoms with Gasteiger partial charge in [-0.25, -0.2) is 9.67 Å². The molecule has 0 aliphatic heterocycles. The number of aromatic nitrogens is 3. The van der Waals surface area contributed by atoms with Crippen molar-refractivity contribution in [3.05, 3.63) is 125 Å². The second-order valence-electron chi connectivity index (χ2n) is 8.00. The Kier molecular flexibility index (Phi) is 6.79. The highest BCUT2D eigenvalue weighted by atomic mass is 32.1. The maximum atomic E-state index is 13.0. The van der Waals surface area contributed by atoms with Crippen LogP contribution in [0, 0.1) is 11.3 Å². The Morgan fingerprint density at radius 3 is 2.33 bits per heavy atom. The average Bonchev–Trinajstić information content (AvgIpc) is 3.55. The van der Waals surface area contributed by atoms with Crippen LogP contribution in [0.15, 0.2) is 109 Å². The summed E-state index contributed by atoms with van der Waals surface area (Å²) in [4.78, 5) is 18.3. The Morgan fingerprint density at radius 2 is 1.64 bits per heavy atom. The predicted octanol–water partition coefficient (Wildman–Crippen LogP) is 6.13. The van der Waals surface area contributed by atoms with Crippen LogP contribution in [-0.2, 0) is 11.2 Å². The number of thiazole rings is 1. The van der Waals surface area contributed by atoms with Gasteiger partial charge in [-0.05, 0) is 23.8 Å². The number of carbonyl (C=O) groups is 1. The number of rotatable bonds is 7. The number of para-hydroxylation sites is 1. The molecule has 0 atom stereocenters. The van der Waals surface area contributed by atoms with Crippen molar-refractivity contribution >= 4 is 28.5 Å². The third-order valence-electron chi connectivity index (χ3n) is 5.47. The van der Waals surface area contributed by atoms with Crippen LogP contribution in [-0.4, -0.2) is 20.7 Å². The maximum absolute atomic E-state index is 13.0. The monoisotopic (exact) mass is 487 g/mol. The van der Waals surface area contributed by atoms with E-state index in [-0.39, 0.29) is 5.57 Å². The van der Waals surface area contributed by atoms with Crippen molar-refractivity contribution in [2.24, 2.45) is 0 Å². The zero-order valence-corrected chi connectivity index (χ0v) is 20.0. The van der Waals surface area contributed by atoms with Crippen molar-refractivity contribution in [1.82, 2.24) is 14.8 Å². The molecular formula is C29H21N5OS. The molecule has 1 amide bonds. The van der Waals surface area contributed by atoms with Gasteiger partial charge in [-0.15, -0.1) is 11.3 Å². The van der Waals surface area contributed by atoms with Gasteiger partial charge in [0.1, 0.15) is 11.6 Å². The molecule has 0 fully saturated rings. The third-order valence-corrected chi connectivity index (χ3v) is 6.38. The molecule has 6 nitrogen and oxygen atoms in total. The number of carbonyl (C=O) groups excluding carboxylic acids is 1. The molecular weight excluding hydrogens is 466 g/mol. The molecule has 36 heavy (non-hydrogen) atoms. The van der Waals surface area contributed by atoms with Crippen LogP contribution in [0.4, 0.5) is 5.13 Å². The molecule has 5 rings (SSSR count). The summed E-state index contributed by atoms with van der Waals surface area (Å²) in [6.07, 6.45) is 5.88. The second-order valence-corrected chi connectivity index (χ2v) is 9.11. The zero-order chi connectivity index (χ0) is 24.7. The molecule has 0 saturated heterocycles. The van der Waals surface area contributed by atoms with E-state index in [0.717, 1.165) is 22.5 Å². The van der Waals surface area contributed by atoms with Gasteiger partial charge in [0.05, 0.1) is 11.4 Å². The average molecular weight is 488 g/mol. The number of nitrogens with one attached hydrogen (secondary N) is 1. The predicted molar refractivity (Wildman–Crippen MR) is 143 cm³/mol. The SMILES string of the molecule is N#CC(=Cc1cn(-c2ccccc2)nc1-c1ccccc1)C(=O)Nc1ncc(Cc2ccccc2)s1. The summed E-state index contributed by atoms with van der Waals surface area (Å²) >= 11 is 1.40. The molecule has 7 heteroatoms. The van der Waals surface area contributed by atoms with Gasteiger partial charge in [0.25, 0.3) is 5.91 Å². The Bertz CT molecular complexity index is 1550. The Morgan fingerprint density at radius 1 is 0.972 bits per heavy atom. The molecule has 0 saturated carbocycles. The van der Waals surface area contributed by atoms with Gasteiger partial charge in [-0.1, -0.05) is 78.9 Å². The van der Waals surface area contributed by atoms with Crippen LogP contribution in [0.25, 0.3) is 23.0 Å². The quantitative estimate of drug-likeness (QED) is 0.221. The lowest BCUT2D eigenvalue weighted by molar-refractivity contribution is -0.112. The van der Waals surface area contributed by atoms with E-state index < -0.39 is 5.91 Å². The van der Waals surface area contributed by atoms with Gasteiger partial charge in [-0.2, -0.15) is 10.4 Å². The first kappa shape index (κ1) is 23.0. The standard InChI is InChI=1S/C29H21N5OS/c30-18-23(28(35)32-29-31-19-26(36-29)16-21-10-4-1-5-11-21)17-24-20-34(25-14-8-3-9-15-25)33-27(24)22-12-6-2-7-13-22/h1-15,17,19-20H,16H2,(H,31,32,35). The van der Waals surface area contributed by atoms with Gasteiger partial charge in [-0.3, -0.25) is 10.1 Å². The minimum atomic E-state index is -0.510. The lowest BCUT2D eigenvalue weighted by Crippen LogP contribution is -2.13. The lowest BCUT2D eigenvalue weighted by atomic mass is 10.1. The van der Waals surface area contributed by atoms with Crippen molar-refractivity contribution in [1.29, 1.82) is 5.26 Å². The minimum Gasteiger partial charge on any atom is -0.297 e. The van der Waals surface area contributed by atoms with E-state index in [2.05, 4.69) is 22.4 Å². The first-order chi connectivity index (χ1) is 17.7. The highest BCUT2D eigenvalue weighted by Crippen LogP contribution is 2.26. The number of nitrogens with zero attached hydrogens (tertiary/aromatic N) is 4. The van der Waals surface area contributed by atoms with Gasteiger partial charge < -0.3 is 0 Å². The first-order valence-electron chi connectivity index (χ1n) is 11.3. The molecule has 1 N–H and O–H groups in total. The topological polar surface area (TPSA) is 83.6 Å². The van der Waals surface area contributed by atoms with Crippen molar-refractivity contribution in [2.45, 2.75) is 6.42 Å². The molecule has 0 aliphatic rings. The summed E-state index contributed by atoms with van der Waals surface area (Å²) in [5.41, 5.74) is 4.26. The molecule has 2 heterocycles. The van der Waals surface area contributed by atoms with E-state index in [4.69, 9.17) is 5.10 Å². The van der Waals surface area contributed by atoms with E-state index >= 15 is 0 Å². The number of amides is 1. The summed E-state index contributed by atoms with van der Waals surface area (Å²) in [6.45, 7) is 0. The van der Waals surface area contributed by atoms with Crippen molar-refractivity contribution in [3.8, 4) is 23.0 Å². The summed E-state index contributed by atoms with van der Waals surface area (Å²) in [5.74, 6) is -0.510. The molecule has 0 aliphatic carbocycles. The molecule has 3 aromatic carbocycles. The van der Waals surface area contributed by atoms with Crippen molar-refractivity contribution in [3.63, 3.8) is 0 Å². The van der Waals surface area contributed by atoms with Crippen LogP contribution in [0.1, 0.15) is 16.0 Å². The van der Waals surface area contributed by atoms with E-state index in [0.29, 0.717) is 16.4 Å². The van der Waals surface area contributed by atoms with Gasteiger partial charge >= 0.3 is 0 Å². The molecule has 174 valence electrons. The Labute approximate surface area is 212 Å². The molecule has 5 aromatic rings. The third kappa shape index (κ3) is 5.30. The molecule has 0 spiro atoms. The van der Waals surface area contributed by atoms with E-state index in [1.807, 2.05) is 91.1 Å². The number of benzene rings is 3. The van der Waals surface area contributed by atoms with Crippen LogP contribution in [0.3, 0.4) is 0 Å². The molecule has 0 unspecified atom stereocenters. The van der Waals surface area contributed by atoms with Crippen LogP contribution < -0.4 is 5.32 Å². The fourth-order valence-corrected chi connectivity index (χ4v) is 4.58. The van der Waals surface area contributed by atoms with Crippen LogP contribution >= 0.6 is 11.3 Å². The first-order valence-corrected chi connectivity index (χ1v) is 12.1. The van der Waals surface area contributed by atoms with E-state index in [9.17, 15) is 10.1 Å². The minimum absolute atomic E-state index is 0.0281. The molecule has 0 bridgehead atoms. The number of nitriles is 1. The van der Waals surface area contributed by atoms with Gasteiger partial charge in [0, 0.05) is 34.8 Å². The smallest absolute Gasteiger partial charge is 0.268 e. The second kappa shape index (κ2) is 10.6. The zero-order valence-electron chi connectivity index (χ0n) is 19.2. The number of hydrogen-bond donors (Lipinski definition) is 1. The van der Waals surface area contributed by atoms with Gasteiger partial charge in [0.15, 0.2) is 5.13 Å².